The number of nitrogens with zero attached hydrogens (tertiary/aromatic N) is 3. The molecule has 5 nitrogen and oxygen atoms in total. The first-order chi connectivity index (χ1) is 10.8. The van der Waals surface area contributed by atoms with Crippen LogP contribution in [0.3, 0.4) is 0 Å². The Labute approximate surface area is 129 Å². The zero-order valence-corrected chi connectivity index (χ0v) is 12.9. The van der Waals surface area contributed by atoms with Gasteiger partial charge in [-0.2, -0.15) is 0 Å². The van der Waals surface area contributed by atoms with Gasteiger partial charge in [-0.05, 0) is 13.3 Å². The highest BCUT2D eigenvalue weighted by molar-refractivity contribution is 6.28. The van der Waals surface area contributed by atoms with Crippen molar-refractivity contribution in [3.8, 4) is 0 Å². The molecule has 1 aliphatic carbocycles. The number of carbonyl (C=O) groups excluding carboxylic acids is 1. The maximum absolute atomic E-state index is 12.8. The van der Waals surface area contributed by atoms with Crippen molar-refractivity contribution in [2.45, 2.75) is 33.2 Å². The predicted octanol–water partition coefficient (Wildman–Crippen LogP) is 3.02. The van der Waals surface area contributed by atoms with Crippen molar-refractivity contribution in [3.05, 3.63) is 53.1 Å². The van der Waals surface area contributed by atoms with E-state index in [1.807, 2.05) is 35.8 Å². The summed E-state index contributed by atoms with van der Waals surface area (Å²) in [5.41, 5.74) is 3.32. The summed E-state index contributed by atoms with van der Waals surface area (Å²) in [4.78, 5) is 22.5. The van der Waals surface area contributed by atoms with Crippen molar-refractivity contribution in [2.24, 2.45) is 5.16 Å². The fourth-order valence-electron chi connectivity index (χ4n) is 2.66. The Balaban J connectivity index is 2.14. The lowest BCUT2D eigenvalue weighted by molar-refractivity contribution is 0.102. The summed E-state index contributed by atoms with van der Waals surface area (Å²) in [6.45, 7) is 5.27. The summed E-state index contributed by atoms with van der Waals surface area (Å²) in [7, 11) is 0. The molecule has 0 fully saturated rings. The molecule has 2 aromatic rings. The Hall–Kier alpha value is -2.43. The molecule has 0 saturated heterocycles. The van der Waals surface area contributed by atoms with Crippen molar-refractivity contribution < 1.29 is 9.63 Å². The highest BCUT2D eigenvalue weighted by atomic mass is 16.6. The van der Waals surface area contributed by atoms with Gasteiger partial charge in [0.25, 0.3) is 0 Å². The number of benzene rings is 1. The molecule has 0 bridgehead atoms. The molecule has 1 aliphatic rings. The van der Waals surface area contributed by atoms with Gasteiger partial charge in [-0.25, -0.2) is 4.98 Å². The number of aromatic nitrogens is 2. The van der Waals surface area contributed by atoms with Gasteiger partial charge in [-0.1, -0.05) is 42.8 Å². The molecule has 1 heterocycles. The normalized spacial score (nSPS) is 14.8. The lowest BCUT2D eigenvalue weighted by Crippen LogP contribution is -2.24. The van der Waals surface area contributed by atoms with Gasteiger partial charge in [0.1, 0.15) is 23.7 Å². The highest BCUT2D eigenvalue weighted by Crippen LogP contribution is 2.27. The van der Waals surface area contributed by atoms with Crippen molar-refractivity contribution in [3.63, 3.8) is 0 Å². The minimum atomic E-state index is 0.00894. The van der Waals surface area contributed by atoms with E-state index in [4.69, 9.17) is 4.84 Å². The fraction of sp³-hybridized carbons (Fsp3) is 0.353. The monoisotopic (exact) mass is 297 g/mol. The summed E-state index contributed by atoms with van der Waals surface area (Å²) in [5.74, 6) is 0.00894. The minimum absolute atomic E-state index is 0.00894. The zero-order valence-electron chi connectivity index (χ0n) is 12.9. The van der Waals surface area contributed by atoms with E-state index < -0.39 is 0 Å². The SMILES string of the molecule is CCCCn1cnc2c1C(=O)c1ccccc1/C2=N/OCC. The second kappa shape index (κ2) is 6.13. The molecule has 0 spiro atoms. The third-order valence-corrected chi connectivity index (χ3v) is 3.74. The molecule has 0 unspecified atom stereocenters. The van der Waals surface area contributed by atoms with Crippen molar-refractivity contribution >= 4 is 11.5 Å². The van der Waals surface area contributed by atoms with E-state index in [0.717, 1.165) is 24.9 Å². The van der Waals surface area contributed by atoms with E-state index in [1.54, 1.807) is 6.33 Å². The molecular formula is C17H19N3O2. The molecule has 0 aliphatic heterocycles. The smallest absolute Gasteiger partial charge is 0.212 e. The molecular weight excluding hydrogens is 278 g/mol. The standard InChI is InChI=1S/C17H19N3O2/c1-3-5-10-20-11-18-15-14(19-22-4-2)12-8-6-7-9-13(12)17(21)16(15)20/h6-9,11H,3-5,10H2,1-2H3/b19-14-. The summed E-state index contributed by atoms with van der Waals surface area (Å²) >= 11 is 0. The zero-order chi connectivity index (χ0) is 15.5. The molecule has 1 aromatic carbocycles. The second-order valence-electron chi connectivity index (χ2n) is 5.22. The first kappa shape index (κ1) is 14.5. The van der Waals surface area contributed by atoms with Crippen LogP contribution in [0.2, 0.25) is 0 Å². The molecule has 0 atom stereocenters. The van der Waals surface area contributed by atoms with Crippen LogP contribution in [0.15, 0.2) is 35.7 Å². The van der Waals surface area contributed by atoms with Crippen LogP contribution in [0.1, 0.15) is 54.0 Å². The maximum Gasteiger partial charge on any atom is 0.212 e. The number of oxime groups is 1. The molecule has 3 rings (SSSR count). The third-order valence-electron chi connectivity index (χ3n) is 3.74. The Morgan fingerprint density at radius 2 is 2.00 bits per heavy atom. The van der Waals surface area contributed by atoms with Gasteiger partial charge < -0.3 is 9.40 Å². The predicted molar refractivity (Wildman–Crippen MR) is 84.3 cm³/mol. The van der Waals surface area contributed by atoms with Gasteiger partial charge in [0, 0.05) is 17.7 Å². The number of imidazole rings is 1. The molecule has 114 valence electrons. The van der Waals surface area contributed by atoms with Gasteiger partial charge >= 0.3 is 0 Å². The lowest BCUT2D eigenvalue weighted by Gasteiger charge is -2.18. The average molecular weight is 297 g/mol. The second-order valence-corrected chi connectivity index (χ2v) is 5.22. The van der Waals surface area contributed by atoms with Crippen LogP contribution < -0.4 is 0 Å². The van der Waals surface area contributed by atoms with Crippen LogP contribution in [-0.4, -0.2) is 27.7 Å². The van der Waals surface area contributed by atoms with Crippen LogP contribution in [-0.2, 0) is 11.4 Å². The fourth-order valence-corrected chi connectivity index (χ4v) is 2.66. The number of rotatable bonds is 5. The van der Waals surface area contributed by atoms with Gasteiger partial charge in [0.2, 0.25) is 5.78 Å². The minimum Gasteiger partial charge on any atom is -0.396 e. The Kier molecular flexibility index (Phi) is 4.04. The van der Waals surface area contributed by atoms with E-state index in [-0.39, 0.29) is 5.78 Å². The Morgan fingerprint density at radius 3 is 2.73 bits per heavy atom. The average Bonchev–Trinajstić information content (AvgIpc) is 2.97. The van der Waals surface area contributed by atoms with Crippen molar-refractivity contribution in [1.82, 2.24) is 9.55 Å². The first-order valence-corrected chi connectivity index (χ1v) is 7.67. The van der Waals surface area contributed by atoms with Crippen LogP contribution in [0.5, 0.6) is 0 Å². The van der Waals surface area contributed by atoms with Gasteiger partial charge in [-0.15, -0.1) is 0 Å². The van der Waals surface area contributed by atoms with E-state index in [1.165, 1.54) is 0 Å². The Morgan fingerprint density at radius 1 is 1.23 bits per heavy atom. The molecule has 0 amide bonds. The topological polar surface area (TPSA) is 56.5 Å². The number of ketones is 1. The quantitative estimate of drug-likeness (QED) is 0.680. The Bertz CT molecular complexity index is 731. The summed E-state index contributed by atoms with van der Waals surface area (Å²) < 4.78 is 1.93. The van der Waals surface area contributed by atoms with E-state index in [0.29, 0.717) is 29.3 Å². The first-order valence-electron chi connectivity index (χ1n) is 7.67. The molecule has 0 saturated carbocycles. The highest BCUT2D eigenvalue weighted by Gasteiger charge is 2.32. The maximum atomic E-state index is 12.8. The van der Waals surface area contributed by atoms with Gasteiger partial charge in [0.05, 0.1) is 6.33 Å². The summed E-state index contributed by atoms with van der Waals surface area (Å²) in [5, 5.41) is 4.20. The summed E-state index contributed by atoms with van der Waals surface area (Å²) in [6.07, 6.45) is 3.80. The van der Waals surface area contributed by atoms with Crippen LogP contribution in [0, 0.1) is 0 Å². The van der Waals surface area contributed by atoms with E-state index in [2.05, 4.69) is 17.1 Å². The number of unbranched alkanes of at least 4 members (excludes halogenated alkanes) is 1. The molecule has 0 radical (unpaired) electrons. The largest absolute Gasteiger partial charge is 0.396 e. The van der Waals surface area contributed by atoms with Crippen molar-refractivity contribution in [1.29, 1.82) is 0 Å². The van der Waals surface area contributed by atoms with E-state index >= 15 is 0 Å². The van der Waals surface area contributed by atoms with Crippen molar-refractivity contribution in [2.75, 3.05) is 6.61 Å². The number of carbonyl (C=O) groups is 1. The third kappa shape index (κ3) is 2.32. The van der Waals surface area contributed by atoms with Crippen LogP contribution in [0.25, 0.3) is 0 Å². The van der Waals surface area contributed by atoms with Crippen LogP contribution >= 0.6 is 0 Å². The van der Waals surface area contributed by atoms with Crippen LogP contribution in [0.4, 0.5) is 0 Å². The lowest BCUT2D eigenvalue weighted by atomic mass is 9.89. The number of fused-ring (bicyclic) bond motifs is 2. The number of hydrogen-bond acceptors (Lipinski definition) is 4. The molecule has 22 heavy (non-hydrogen) atoms. The summed E-state index contributed by atoms with van der Waals surface area (Å²) in [6, 6.07) is 7.48. The molecule has 1 aromatic heterocycles. The van der Waals surface area contributed by atoms with Gasteiger partial charge in [-0.3, -0.25) is 4.79 Å². The number of hydrogen-bond donors (Lipinski definition) is 0. The van der Waals surface area contributed by atoms with Gasteiger partial charge in [0.15, 0.2) is 0 Å². The molecule has 0 N–H and O–H groups in total. The van der Waals surface area contributed by atoms with E-state index in [9.17, 15) is 4.79 Å². The number of aryl methyl sites for hydroxylation is 1. The molecule has 5 heteroatoms.